The maximum Gasteiger partial charge on any atom is 0.345 e. The van der Waals surface area contributed by atoms with Gasteiger partial charge in [0, 0.05) is 13.0 Å². The van der Waals surface area contributed by atoms with E-state index in [0.29, 0.717) is 17.2 Å². The van der Waals surface area contributed by atoms with Crippen molar-refractivity contribution in [2.45, 2.75) is 10.6 Å². The molecule has 2 N–H and O–H groups in total. The summed E-state index contributed by atoms with van der Waals surface area (Å²) < 4.78 is 30.5. The second kappa shape index (κ2) is 5.47. The molecule has 102 valence electrons. The fourth-order valence-electron chi connectivity index (χ4n) is 1.25. The van der Waals surface area contributed by atoms with Crippen LogP contribution in [0, 0.1) is 0 Å². The van der Waals surface area contributed by atoms with E-state index in [1.54, 1.807) is 0 Å². The summed E-state index contributed by atoms with van der Waals surface area (Å²) in [6, 6.07) is 2.51. The zero-order valence-corrected chi connectivity index (χ0v) is 11.1. The number of thiophene rings is 1. The molecule has 0 aliphatic carbocycles. The quantitative estimate of drug-likeness (QED) is 0.789. The van der Waals surface area contributed by atoms with Gasteiger partial charge in [-0.3, -0.25) is 0 Å². The van der Waals surface area contributed by atoms with E-state index in [-0.39, 0.29) is 22.1 Å². The van der Waals surface area contributed by atoms with Gasteiger partial charge in [0.15, 0.2) is 5.82 Å². The van der Waals surface area contributed by atoms with Gasteiger partial charge >= 0.3 is 5.97 Å². The summed E-state index contributed by atoms with van der Waals surface area (Å²) in [7, 11) is -3.71. The van der Waals surface area contributed by atoms with Gasteiger partial charge < -0.3 is 9.63 Å². The van der Waals surface area contributed by atoms with Crippen molar-refractivity contribution in [2.24, 2.45) is 0 Å². The molecular formula is C9H9N3O5S2. The highest BCUT2D eigenvalue weighted by molar-refractivity contribution is 7.91. The first-order valence-corrected chi connectivity index (χ1v) is 7.37. The van der Waals surface area contributed by atoms with E-state index in [9.17, 15) is 13.2 Å². The highest BCUT2D eigenvalue weighted by Crippen LogP contribution is 2.21. The Kier molecular flexibility index (Phi) is 3.93. The van der Waals surface area contributed by atoms with E-state index in [0.717, 1.165) is 6.39 Å². The van der Waals surface area contributed by atoms with Gasteiger partial charge in [-0.1, -0.05) is 5.16 Å². The number of carbonyl (C=O) groups is 1. The molecule has 0 saturated heterocycles. The minimum absolute atomic E-state index is 0.0291. The number of hydrogen-bond acceptors (Lipinski definition) is 7. The summed E-state index contributed by atoms with van der Waals surface area (Å²) in [5.41, 5.74) is 0. The van der Waals surface area contributed by atoms with Gasteiger partial charge in [0.2, 0.25) is 16.4 Å². The number of carboxylic acids is 1. The van der Waals surface area contributed by atoms with Crippen molar-refractivity contribution in [3.63, 3.8) is 0 Å². The van der Waals surface area contributed by atoms with Gasteiger partial charge in [0.25, 0.3) is 0 Å². The predicted octanol–water partition coefficient (Wildman–Crippen LogP) is 0.350. The molecule has 2 aromatic heterocycles. The van der Waals surface area contributed by atoms with Crippen LogP contribution >= 0.6 is 11.3 Å². The van der Waals surface area contributed by atoms with Crippen LogP contribution in [0.5, 0.6) is 0 Å². The second-order valence-corrected chi connectivity index (χ2v) is 6.50. The first-order chi connectivity index (χ1) is 8.99. The smallest absolute Gasteiger partial charge is 0.345 e. The molecular weight excluding hydrogens is 294 g/mol. The molecule has 0 unspecified atom stereocenters. The molecule has 10 heteroatoms. The van der Waals surface area contributed by atoms with E-state index >= 15 is 0 Å². The molecule has 0 atom stereocenters. The first kappa shape index (κ1) is 13.6. The molecule has 0 spiro atoms. The molecule has 0 radical (unpaired) electrons. The van der Waals surface area contributed by atoms with Crippen molar-refractivity contribution in [3.8, 4) is 0 Å². The highest BCUT2D eigenvalue weighted by Gasteiger charge is 2.18. The standard InChI is InChI=1S/C9H9N3O5S2/c13-9(14)6-1-2-8(18-6)19(15,16)11-4-3-7-10-5-17-12-7/h1-2,5,11H,3-4H2,(H,13,14). The van der Waals surface area contributed by atoms with Crippen LogP contribution in [0.2, 0.25) is 0 Å². The molecule has 19 heavy (non-hydrogen) atoms. The monoisotopic (exact) mass is 303 g/mol. The number of sulfonamides is 1. The first-order valence-electron chi connectivity index (χ1n) is 5.07. The van der Waals surface area contributed by atoms with E-state index in [2.05, 4.69) is 19.4 Å². The average Bonchev–Trinajstić information content (AvgIpc) is 2.99. The molecule has 2 heterocycles. The Morgan fingerprint density at radius 3 is 2.84 bits per heavy atom. The summed E-state index contributed by atoms with van der Waals surface area (Å²) in [6.07, 6.45) is 1.44. The third-order valence-electron chi connectivity index (χ3n) is 2.10. The lowest BCUT2D eigenvalue weighted by Crippen LogP contribution is -2.25. The lowest BCUT2D eigenvalue weighted by Gasteiger charge is -2.02. The summed E-state index contributed by atoms with van der Waals surface area (Å²) in [6.45, 7) is 0.0994. The maximum atomic E-state index is 11.8. The number of nitrogens with one attached hydrogen (secondary N) is 1. The van der Waals surface area contributed by atoms with Crippen LogP contribution in [-0.2, 0) is 16.4 Å². The molecule has 2 aromatic rings. The average molecular weight is 303 g/mol. The van der Waals surface area contributed by atoms with Crippen molar-refractivity contribution in [2.75, 3.05) is 6.54 Å². The van der Waals surface area contributed by atoms with Crippen LogP contribution in [0.3, 0.4) is 0 Å². The molecule has 8 nitrogen and oxygen atoms in total. The third kappa shape index (κ3) is 3.36. The van der Waals surface area contributed by atoms with Crippen LogP contribution in [0.15, 0.2) is 27.3 Å². The minimum atomic E-state index is -3.71. The largest absolute Gasteiger partial charge is 0.477 e. The molecule has 0 aromatic carbocycles. The van der Waals surface area contributed by atoms with Crippen molar-refractivity contribution < 1.29 is 22.8 Å². The van der Waals surface area contributed by atoms with E-state index in [4.69, 9.17) is 5.11 Å². The molecule has 0 amide bonds. The Bertz CT molecular complexity index is 662. The van der Waals surface area contributed by atoms with Crippen LogP contribution in [0.25, 0.3) is 0 Å². The Labute approximate surface area is 112 Å². The Morgan fingerprint density at radius 1 is 1.47 bits per heavy atom. The Morgan fingerprint density at radius 2 is 2.26 bits per heavy atom. The van der Waals surface area contributed by atoms with Gasteiger partial charge in [0.1, 0.15) is 9.09 Å². The van der Waals surface area contributed by atoms with Gasteiger partial charge in [0.05, 0.1) is 0 Å². The molecule has 0 saturated carbocycles. The fourth-order valence-corrected chi connectivity index (χ4v) is 3.47. The number of nitrogens with zero attached hydrogens (tertiary/aromatic N) is 2. The van der Waals surface area contributed by atoms with Gasteiger partial charge in [-0.15, -0.1) is 11.3 Å². The number of aromatic carboxylic acids is 1. The topological polar surface area (TPSA) is 122 Å². The number of carboxylic acid groups (broad SMARTS) is 1. The van der Waals surface area contributed by atoms with Gasteiger partial charge in [-0.2, -0.15) is 4.98 Å². The highest BCUT2D eigenvalue weighted by atomic mass is 32.2. The van der Waals surface area contributed by atoms with E-state index in [1.807, 2.05) is 0 Å². The minimum Gasteiger partial charge on any atom is -0.477 e. The van der Waals surface area contributed by atoms with Crippen molar-refractivity contribution >= 4 is 27.3 Å². The number of aromatic nitrogens is 2. The summed E-state index contributed by atoms with van der Waals surface area (Å²) in [5.74, 6) is -0.765. The Hall–Kier alpha value is -1.78. The van der Waals surface area contributed by atoms with Crippen LogP contribution in [0.1, 0.15) is 15.5 Å². The van der Waals surface area contributed by atoms with Crippen LogP contribution < -0.4 is 4.72 Å². The Balaban J connectivity index is 1.99. The lowest BCUT2D eigenvalue weighted by atomic mass is 10.4. The summed E-state index contributed by atoms with van der Waals surface area (Å²) in [4.78, 5) is 14.4. The SMILES string of the molecule is O=C(O)c1ccc(S(=O)(=O)NCCc2ncon2)s1. The molecule has 0 aliphatic rings. The van der Waals surface area contributed by atoms with Crippen molar-refractivity contribution in [1.82, 2.24) is 14.9 Å². The molecule has 0 fully saturated rings. The number of rotatable bonds is 6. The zero-order chi connectivity index (χ0) is 13.9. The van der Waals surface area contributed by atoms with E-state index in [1.165, 1.54) is 12.1 Å². The third-order valence-corrected chi connectivity index (χ3v) is 5.13. The summed E-state index contributed by atoms with van der Waals surface area (Å²) >= 11 is 0.696. The zero-order valence-electron chi connectivity index (χ0n) is 9.44. The van der Waals surface area contributed by atoms with Crippen LogP contribution in [-0.4, -0.2) is 36.2 Å². The number of hydrogen-bond donors (Lipinski definition) is 2. The predicted molar refractivity (Wildman–Crippen MR) is 64.5 cm³/mol. The second-order valence-electron chi connectivity index (χ2n) is 3.42. The summed E-state index contributed by atoms with van der Waals surface area (Å²) in [5, 5.41) is 12.3. The van der Waals surface area contributed by atoms with Gasteiger partial charge in [-0.05, 0) is 12.1 Å². The molecule has 0 bridgehead atoms. The molecule has 0 aliphatic heterocycles. The normalized spacial score (nSPS) is 11.6. The van der Waals surface area contributed by atoms with Gasteiger partial charge in [-0.25, -0.2) is 17.9 Å². The fraction of sp³-hybridized carbons (Fsp3) is 0.222. The van der Waals surface area contributed by atoms with Crippen LogP contribution in [0.4, 0.5) is 0 Å². The maximum absolute atomic E-state index is 11.8. The van der Waals surface area contributed by atoms with Crippen molar-refractivity contribution in [1.29, 1.82) is 0 Å². The lowest BCUT2D eigenvalue weighted by molar-refractivity contribution is 0.0702. The van der Waals surface area contributed by atoms with Crippen molar-refractivity contribution in [3.05, 3.63) is 29.2 Å². The van der Waals surface area contributed by atoms with E-state index < -0.39 is 16.0 Å². The molecule has 2 rings (SSSR count).